The average Bonchev–Trinajstić information content (AvgIpc) is 3.20. The Bertz CT molecular complexity index is 1060. The van der Waals surface area contributed by atoms with E-state index in [0.717, 1.165) is 21.8 Å². The standard InChI is InChI=1S/C17H12ClN3OS/c1-11-12(18)4-2-5-14(11)21-8-7-20-10-13(15-6-3-9-23-15)19-16(20)17(21)22/h2-10H,1H3. The summed E-state index contributed by atoms with van der Waals surface area (Å²) in [7, 11) is 0. The van der Waals surface area contributed by atoms with E-state index in [1.807, 2.05) is 55.0 Å². The number of imidazole rings is 1. The van der Waals surface area contributed by atoms with Gasteiger partial charge in [-0.25, -0.2) is 4.98 Å². The monoisotopic (exact) mass is 341 g/mol. The van der Waals surface area contributed by atoms with E-state index in [-0.39, 0.29) is 5.56 Å². The zero-order chi connectivity index (χ0) is 16.0. The molecule has 0 atom stereocenters. The fourth-order valence-corrected chi connectivity index (χ4v) is 3.42. The smallest absolute Gasteiger partial charge is 0.298 e. The van der Waals surface area contributed by atoms with Crippen molar-refractivity contribution in [1.82, 2.24) is 14.0 Å². The van der Waals surface area contributed by atoms with Gasteiger partial charge in [0.1, 0.15) is 0 Å². The molecule has 3 aromatic heterocycles. The van der Waals surface area contributed by atoms with Crippen LogP contribution in [-0.4, -0.2) is 14.0 Å². The first-order chi connectivity index (χ1) is 11.1. The van der Waals surface area contributed by atoms with Crippen molar-refractivity contribution >= 4 is 28.6 Å². The summed E-state index contributed by atoms with van der Waals surface area (Å²) in [5.74, 6) is 0. The topological polar surface area (TPSA) is 39.3 Å². The molecule has 0 aliphatic rings. The summed E-state index contributed by atoms with van der Waals surface area (Å²) in [5.41, 5.74) is 2.67. The van der Waals surface area contributed by atoms with Crippen LogP contribution in [-0.2, 0) is 0 Å². The number of hydrogen-bond donors (Lipinski definition) is 0. The fraction of sp³-hybridized carbons (Fsp3) is 0.0588. The van der Waals surface area contributed by atoms with Crippen LogP contribution in [0, 0.1) is 6.92 Å². The van der Waals surface area contributed by atoms with Crippen molar-refractivity contribution in [2.24, 2.45) is 0 Å². The van der Waals surface area contributed by atoms with Crippen molar-refractivity contribution in [3.63, 3.8) is 0 Å². The van der Waals surface area contributed by atoms with E-state index in [9.17, 15) is 4.79 Å². The van der Waals surface area contributed by atoms with Crippen molar-refractivity contribution in [3.8, 4) is 16.3 Å². The van der Waals surface area contributed by atoms with E-state index >= 15 is 0 Å². The number of aromatic nitrogens is 3. The Balaban J connectivity index is 1.95. The van der Waals surface area contributed by atoms with Gasteiger partial charge in [-0.1, -0.05) is 23.7 Å². The van der Waals surface area contributed by atoms with E-state index in [0.29, 0.717) is 10.7 Å². The van der Waals surface area contributed by atoms with Gasteiger partial charge in [-0.05, 0) is 36.1 Å². The summed E-state index contributed by atoms with van der Waals surface area (Å²) in [5, 5.41) is 2.63. The Hall–Kier alpha value is -2.37. The van der Waals surface area contributed by atoms with Crippen LogP contribution in [0.25, 0.3) is 21.9 Å². The highest BCUT2D eigenvalue weighted by Gasteiger charge is 2.12. The van der Waals surface area contributed by atoms with Gasteiger partial charge < -0.3 is 4.40 Å². The molecular formula is C17H12ClN3OS. The van der Waals surface area contributed by atoms with Crippen LogP contribution in [0.15, 0.2) is 59.1 Å². The van der Waals surface area contributed by atoms with Gasteiger partial charge in [0.2, 0.25) is 5.65 Å². The second-order valence-corrected chi connectivity index (χ2v) is 6.55. The first kappa shape index (κ1) is 14.2. The number of hydrogen-bond acceptors (Lipinski definition) is 3. The molecule has 0 unspecified atom stereocenters. The number of nitrogens with zero attached hydrogens (tertiary/aromatic N) is 3. The largest absolute Gasteiger partial charge is 0.300 e. The Morgan fingerprint density at radius 3 is 2.83 bits per heavy atom. The molecule has 114 valence electrons. The molecule has 0 aliphatic heterocycles. The van der Waals surface area contributed by atoms with Gasteiger partial charge >= 0.3 is 0 Å². The van der Waals surface area contributed by atoms with Crippen LogP contribution in [0.5, 0.6) is 0 Å². The van der Waals surface area contributed by atoms with Crippen molar-refractivity contribution in [2.75, 3.05) is 0 Å². The summed E-state index contributed by atoms with van der Waals surface area (Å²) < 4.78 is 3.34. The summed E-state index contributed by atoms with van der Waals surface area (Å²) >= 11 is 7.77. The lowest BCUT2D eigenvalue weighted by atomic mass is 10.2. The van der Waals surface area contributed by atoms with Crippen LogP contribution in [0.3, 0.4) is 0 Å². The molecule has 0 N–H and O–H groups in total. The zero-order valence-electron chi connectivity index (χ0n) is 12.2. The minimum absolute atomic E-state index is 0.166. The molecule has 0 spiro atoms. The van der Waals surface area contributed by atoms with Crippen LogP contribution >= 0.6 is 22.9 Å². The molecule has 0 saturated carbocycles. The lowest BCUT2D eigenvalue weighted by molar-refractivity contribution is 0.941. The molecule has 4 rings (SSSR count). The normalized spacial score (nSPS) is 11.2. The van der Waals surface area contributed by atoms with Crippen LogP contribution in [0.1, 0.15) is 5.56 Å². The average molecular weight is 342 g/mol. The predicted octanol–water partition coefficient (Wildman–Crippen LogP) is 4.18. The third-order valence-corrected chi connectivity index (χ3v) is 5.09. The second-order valence-electron chi connectivity index (χ2n) is 5.19. The highest BCUT2D eigenvalue weighted by atomic mass is 35.5. The number of rotatable bonds is 2. The van der Waals surface area contributed by atoms with Crippen molar-refractivity contribution in [2.45, 2.75) is 6.92 Å². The Morgan fingerprint density at radius 1 is 1.17 bits per heavy atom. The summed E-state index contributed by atoms with van der Waals surface area (Å²) in [6, 6.07) is 9.49. The molecule has 4 aromatic rings. The third-order valence-electron chi connectivity index (χ3n) is 3.79. The van der Waals surface area contributed by atoms with Gasteiger partial charge in [0, 0.05) is 23.6 Å². The molecule has 0 bridgehead atoms. The maximum Gasteiger partial charge on any atom is 0.298 e. The van der Waals surface area contributed by atoms with Crippen LogP contribution in [0.2, 0.25) is 5.02 Å². The van der Waals surface area contributed by atoms with Gasteiger partial charge in [0.15, 0.2) is 0 Å². The van der Waals surface area contributed by atoms with Gasteiger partial charge in [-0.2, -0.15) is 0 Å². The molecule has 1 aromatic carbocycles. The lowest BCUT2D eigenvalue weighted by Gasteiger charge is -2.10. The Morgan fingerprint density at radius 2 is 2.04 bits per heavy atom. The lowest BCUT2D eigenvalue weighted by Crippen LogP contribution is -2.20. The maximum atomic E-state index is 12.8. The molecular weight excluding hydrogens is 330 g/mol. The summed E-state index contributed by atoms with van der Waals surface area (Å²) in [6.07, 6.45) is 5.45. The fourth-order valence-electron chi connectivity index (χ4n) is 2.57. The molecule has 0 aliphatic carbocycles. The minimum atomic E-state index is -0.166. The molecule has 3 heterocycles. The van der Waals surface area contributed by atoms with Crippen LogP contribution < -0.4 is 5.56 Å². The summed E-state index contributed by atoms with van der Waals surface area (Å²) in [6.45, 7) is 1.90. The maximum absolute atomic E-state index is 12.8. The quantitative estimate of drug-likeness (QED) is 0.548. The van der Waals surface area contributed by atoms with Crippen LogP contribution in [0.4, 0.5) is 0 Å². The second kappa shape index (κ2) is 5.37. The summed E-state index contributed by atoms with van der Waals surface area (Å²) in [4.78, 5) is 18.4. The first-order valence-corrected chi connectivity index (χ1v) is 8.30. The van der Waals surface area contributed by atoms with Crippen molar-refractivity contribution in [3.05, 3.63) is 75.2 Å². The molecule has 0 radical (unpaired) electrons. The molecule has 0 saturated heterocycles. The van der Waals surface area contributed by atoms with E-state index in [2.05, 4.69) is 4.98 Å². The van der Waals surface area contributed by atoms with Gasteiger partial charge in [0.25, 0.3) is 5.56 Å². The number of benzene rings is 1. The minimum Gasteiger partial charge on any atom is -0.300 e. The number of fused-ring (bicyclic) bond motifs is 1. The molecule has 6 heteroatoms. The highest BCUT2D eigenvalue weighted by molar-refractivity contribution is 7.13. The van der Waals surface area contributed by atoms with E-state index in [4.69, 9.17) is 11.6 Å². The third kappa shape index (κ3) is 2.29. The molecule has 23 heavy (non-hydrogen) atoms. The van der Waals surface area contributed by atoms with E-state index in [1.54, 1.807) is 26.5 Å². The molecule has 4 nitrogen and oxygen atoms in total. The van der Waals surface area contributed by atoms with Gasteiger partial charge in [-0.15, -0.1) is 11.3 Å². The number of thiophene rings is 1. The zero-order valence-corrected chi connectivity index (χ0v) is 13.8. The predicted molar refractivity (Wildman–Crippen MR) is 93.8 cm³/mol. The molecule has 0 fully saturated rings. The van der Waals surface area contributed by atoms with E-state index in [1.165, 1.54) is 0 Å². The SMILES string of the molecule is Cc1c(Cl)cccc1-n1ccn2cc(-c3cccs3)nc2c1=O. The van der Waals surface area contributed by atoms with Gasteiger partial charge in [0.05, 0.1) is 16.3 Å². The van der Waals surface area contributed by atoms with Crippen molar-refractivity contribution in [1.29, 1.82) is 0 Å². The van der Waals surface area contributed by atoms with Gasteiger partial charge in [-0.3, -0.25) is 9.36 Å². The van der Waals surface area contributed by atoms with Crippen molar-refractivity contribution < 1.29 is 0 Å². The Labute approximate surface area is 141 Å². The highest BCUT2D eigenvalue weighted by Crippen LogP contribution is 2.24. The first-order valence-electron chi connectivity index (χ1n) is 7.05. The number of halogens is 1. The molecule has 0 amide bonds. The Kier molecular flexibility index (Phi) is 3.32. The van der Waals surface area contributed by atoms with E-state index < -0.39 is 0 Å².